The van der Waals surface area contributed by atoms with Gasteiger partial charge in [-0.1, -0.05) is 0 Å². The first-order valence-electron chi connectivity index (χ1n) is 7.16. The molecule has 0 aromatic heterocycles. The zero-order chi connectivity index (χ0) is 15.6. The maximum absolute atomic E-state index is 13.2. The maximum atomic E-state index is 13.2. The largest absolute Gasteiger partial charge is 0.459 e. The highest BCUT2D eigenvalue weighted by atomic mass is 19.1. The highest BCUT2D eigenvalue weighted by Gasteiger charge is 2.34. The number of halogens is 2. The van der Waals surface area contributed by atoms with E-state index in [-0.39, 0.29) is 12.0 Å². The molecule has 116 valence electrons. The Balaban J connectivity index is 2.06. The molecule has 1 heterocycles. The molecule has 1 fully saturated rings. The number of carbonyl (C=O) groups is 1. The Hall–Kier alpha value is -1.49. The third-order valence-electron chi connectivity index (χ3n) is 3.35. The Bertz CT molecular complexity index is 505. The minimum Gasteiger partial charge on any atom is -0.459 e. The molecule has 0 amide bonds. The van der Waals surface area contributed by atoms with Crippen LogP contribution in [0.5, 0.6) is 0 Å². The van der Waals surface area contributed by atoms with E-state index in [0.717, 1.165) is 19.0 Å². The molecule has 0 radical (unpaired) electrons. The molecule has 1 aliphatic heterocycles. The van der Waals surface area contributed by atoms with Crippen LogP contribution in [0.1, 0.15) is 39.2 Å². The molecule has 0 N–H and O–H groups in total. The van der Waals surface area contributed by atoms with Gasteiger partial charge in [-0.2, -0.15) is 0 Å². The number of ether oxygens (including phenoxy) is 1. The molecule has 0 aliphatic carbocycles. The predicted molar refractivity (Wildman–Crippen MR) is 75.6 cm³/mol. The lowest BCUT2D eigenvalue weighted by atomic mass is 10.1. The molecular formula is C16H21F2NO2. The second-order valence-corrected chi connectivity index (χ2v) is 6.44. The van der Waals surface area contributed by atoms with Crippen molar-refractivity contribution >= 4 is 5.97 Å². The molecule has 5 heteroatoms. The van der Waals surface area contributed by atoms with Crippen molar-refractivity contribution in [1.82, 2.24) is 4.90 Å². The van der Waals surface area contributed by atoms with Crippen LogP contribution >= 0.6 is 0 Å². The van der Waals surface area contributed by atoms with Crippen LogP contribution in [-0.2, 0) is 16.1 Å². The lowest BCUT2D eigenvalue weighted by Gasteiger charge is -2.27. The van der Waals surface area contributed by atoms with Gasteiger partial charge in [0.2, 0.25) is 0 Å². The van der Waals surface area contributed by atoms with E-state index in [0.29, 0.717) is 18.5 Å². The Kier molecular flexibility index (Phi) is 4.61. The van der Waals surface area contributed by atoms with Crippen LogP contribution in [-0.4, -0.2) is 29.1 Å². The van der Waals surface area contributed by atoms with Crippen LogP contribution in [0.4, 0.5) is 8.78 Å². The summed E-state index contributed by atoms with van der Waals surface area (Å²) in [5.74, 6) is -1.46. The third kappa shape index (κ3) is 4.49. The lowest BCUT2D eigenvalue weighted by Crippen LogP contribution is -2.40. The molecule has 1 atom stereocenters. The second-order valence-electron chi connectivity index (χ2n) is 6.44. The Labute approximate surface area is 123 Å². The highest BCUT2D eigenvalue weighted by Crippen LogP contribution is 2.23. The van der Waals surface area contributed by atoms with Crippen LogP contribution in [0.25, 0.3) is 0 Å². The first-order valence-corrected chi connectivity index (χ1v) is 7.16. The van der Waals surface area contributed by atoms with Gasteiger partial charge in [0, 0.05) is 12.6 Å². The average Bonchev–Trinajstić information content (AvgIpc) is 2.73. The molecule has 0 unspecified atom stereocenters. The van der Waals surface area contributed by atoms with Crippen molar-refractivity contribution < 1.29 is 18.3 Å². The minimum atomic E-state index is -0.599. The minimum absolute atomic E-state index is 0.267. The fourth-order valence-electron chi connectivity index (χ4n) is 2.59. The SMILES string of the molecule is CC(C)(C)OC(=O)[C@@H]1CCCN1Cc1cc(F)cc(F)c1. The molecule has 1 aromatic carbocycles. The normalized spacial score (nSPS) is 19.8. The van der Waals surface area contributed by atoms with E-state index < -0.39 is 17.2 Å². The van der Waals surface area contributed by atoms with Gasteiger partial charge in [0.25, 0.3) is 0 Å². The summed E-state index contributed by atoms with van der Waals surface area (Å²) in [6.07, 6.45) is 1.59. The van der Waals surface area contributed by atoms with Gasteiger partial charge in [-0.05, 0) is 57.9 Å². The third-order valence-corrected chi connectivity index (χ3v) is 3.35. The monoisotopic (exact) mass is 297 g/mol. The molecule has 3 nitrogen and oxygen atoms in total. The molecule has 0 bridgehead atoms. The van der Waals surface area contributed by atoms with Crippen molar-refractivity contribution in [3.63, 3.8) is 0 Å². The number of rotatable bonds is 3. The van der Waals surface area contributed by atoms with Gasteiger partial charge < -0.3 is 4.74 Å². The first-order chi connectivity index (χ1) is 9.74. The zero-order valence-corrected chi connectivity index (χ0v) is 12.7. The fourth-order valence-corrected chi connectivity index (χ4v) is 2.59. The van der Waals surface area contributed by atoms with Crippen LogP contribution in [0.3, 0.4) is 0 Å². The molecule has 1 aromatic rings. The van der Waals surface area contributed by atoms with Crippen molar-refractivity contribution in [2.24, 2.45) is 0 Å². The molecule has 0 spiro atoms. The molecule has 2 rings (SSSR count). The summed E-state index contributed by atoms with van der Waals surface area (Å²) in [5, 5.41) is 0. The van der Waals surface area contributed by atoms with E-state index in [1.54, 1.807) is 0 Å². The second kappa shape index (κ2) is 6.10. The number of likely N-dealkylation sites (tertiary alicyclic amines) is 1. The zero-order valence-electron chi connectivity index (χ0n) is 12.7. The van der Waals surface area contributed by atoms with E-state index in [1.807, 2.05) is 25.7 Å². The summed E-state index contributed by atoms with van der Waals surface area (Å²) in [4.78, 5) is 14.1. The predicted octanol–water partition coefficient (Wildman–Crippen LogP) is 3.27. The van der Waals surface area contributed by atoms with Crippen molar-refractivity contribution in [2.75, 3.05) is 6.54 Å². The maximum Gasteiger partial charge on any atom is 0.323 e. The van der Waals surface area contributed by atoms with E-state index in [4.69, 9.17) is 4.74 Å². The smallest absolute Gasteiger partial charge is 0.323 e. The summed E-state index contributed by atoms with van der Waals surface area (Å²) in [7, 11) is 0. The number of esters is 1. The fraction of sp³-hybridized carbons (Fsp3) is 0.562. The van der Waals surface area contributed by atoms with Gasteiger partial charge in [0.05, 0.1) is 0 Å². The number of carbonyl (C=O) groups excluding carboxylic acids is 1. The summed E-state index contributed by atoms with van der Waals surface area (Å²) >= 11 is 0. The standard InChI is InChI=1S/C16H21F2NO2/c1-16(2,3)21-15(20)14-5-4-6-19(14)10-11-7-12(17)9-13(18)8-11/h7-9,14H,4-6,10H2,1-3H3/t14-/m0/s1. The van der Waals surface area contributed by atoms with Gasteiger partial charge in [0.1, 0.15) is 23.3 Å². The van der Waals surface area contributed by atoms with Crippen molar-refractivity contribution in [3.8, 4) is 0 Å². The van der Waals surface area contributed by atoms with Crippen molar-refractivity contribution in [2.45, 2.75) is 51.8 Å². The first kappa shape index (κ1) is 15.9. The van der Waals surface area contributed by atoms with Crippen LogP contribution in [0.15, 0.2) is 18.2 Å². The molecule has 21 heavy (non-hydrogen) atoms. The molecular weight excluding hydrogens is 276 g/mol. The molecule has 0 saturated carbocycles. The van der Waals surface area contributed by atoms with Gasteiger partial charge in [0.15, 0.2) is 0 Å². The van der Waals surface area contributed by atoms with Gasteiger partial charge in [-0.15, -0.1) is 0 Å². The quantitative estimate of drug-likeness (QED) is 0.802. The summed E-state index contributed by atoms with van der Waals surface area (Å²) in [5.41, 5.74) is -0.000925. The van der Waals surface area contributed by atoms with E-state index in [9.17, 15) is 13.6 Å². The highest BCUT2D eigenvalue weighted by molar-refractivity contribution is 5.76. The average molecular weight is 297 g/mol. The van der Waals surface area contributed by atoms with Crippen molar-refractivity contribution in [1.29, 1.82) is 0 Å². The Morgan fingerprint density at radius 2 is 1.90 bits per heavy atom. The van der Waals surface area contributed by atoms with E-state index >= 15 is 0 Å². The Morgan fingerprint density at radius 3 is 2.48 bits per heavy atom. The molecule has 1 aliphatic rings. The van der Waals surface area contributed by atoms with Gasteiger partial charge in [-0.3, -0.25) is 9.69 Å². The number of hydrogen-bond donors (Lipinski definition) is 0. The van der Waals surface area contributed by atoms with Crippen LogP contribution < -0.4 is 0 Å². The van der Waals surface area contributed by atoms with E-state index in [1.165, 1.54) is 12.1 Å². The van der Waals surface area contributed by atoms with Crippen LogP contribution in [0.2, 0.25) is 0 Å². The number of nitrogens with zero attached hydrogens (tertiary/aromatic N) is 1. The summed E-state index contributed by atoms with van der Waals surface area (Å²) < 4.78 is 31.9. The Morgan fingerprint density at radius 1 is 1.29 bits per heavy atom. The number of hydrogen-bond acceptors (Lipinski definition) is 3. The molecule has 1 saturated heterocycles. The summed E-state index contributed by atoms with van der Waals surface area (Å²) in [6.45, 7) is 6.55. The van der Waals surface area contributed by atoms with Gasteiger partial charge >= 0.3 is 5.97 Å². The van der Waals surface area contributed by atoms with Gasteiger partial charge in [-0.25, -0.2) is 8.78 Å². The lowest BCUT2D eigenvalue weighted by molar-refractivity contribution is -0.160. The topological polar surface area (TPSA) is 29.5 Å². The summed E-state index contributed by atoms with van der Waals surface area (Å²) in [6, 6.07) is 3.11. The number of benzene rings is 1. The van der Waals surface area contributed by atoms with Crippen LogP contribution in [0, 0.1) is 11.6 Å². The van der Waals surface area contributed by atoms with Crippen molar-refractivity contribution in [3.05, 3.63) is 35.4 Å². The van der Waals surface area contributed by atoms with E-state index in [2.05, 4.69) is 0 Å².